The van der Waals surface area contributed by atoms with Crippen LogP contribution in [0, 0.1) is 11.3 Å². The summed E-state index contributed by atoms with van der Waals surface area (Å²) in [5.74, 6) is 0.304. The smallest absolute Gasteiger partial charge is 0.217 e. The molecule has 1 saturated carbocycles. The lowest BCUT2D eigenvalue weighted by atomic mass is 9.71. The summed E-state index contributed by atoms with van der Waals surface area (Å²) in [5.41, 5.74) is 1.17. The van der Waals surface area contributed by atoms with Gasteiger partial charge < -0.3 is 4.74 Å². The third kappa shape index (κ3) is 3.54. The first-order valence-electron chi connectivity index (χ1n) is 9.64. The number of piperidine rings is 1. The molecule has 0 radical (unpaired) electrons. The van der Waals surface area contributed by atoms with Gasteiger partial charge in [-0.3, -0.25) is 9.88 Å². The number of pyridine rings is 1. The lowest BCUT2D eigenvalue weighted by molar-refractivity contribution is 0.0354. The first kappa shape index (κ1) is 18.3. The Morgan fingerprint density at radius 2 is 2.04 bits per heavy atom. The molecule has 4 rings (SSSR count). The van der Waals surface area contributed by atoms with Gasteiger partial charge in [0.1, 0.15) is 0 Å². The molecule has 0 amide bonds. The van der Waals surface area contributed by atoms with E-state index in [1.54, 1.807) is 11.4 Å². The zero-order chi connectivity index (χ0) is 18.2. The molecule has 144 valence electrons. The van der Waals surface area contributed by atoms with Crippen LogP contribution in [0.5, 0.6) is 0 Å². The van der Waals surface area contributed by atoms with Crippen molar-refractivity contribution >= 4 is 10.0 Å². The Balaban J connectivity index is 1.43. The van der Waals surface area contributed by atoms with Gasteiger partial charge >= 0.3 is 0 Å². The van der Waals surface area contributed by atoms with Crippen molar-refractivity contribution in [2.75, 3.05) is 39.9 Å². The molecule has 0 N–H and O–H groups in total. The van der Waals surface area contributed by atoms with E-state index in [1.807, 2.05) is 18.3 Å². The number of nitrogens with zero attached hydrogens (tertiary/aromatic N) is 3. The van der Waals surface area contributed by atoms with Gasteiger partial charge in [0.2, 0.25) is 10.0 Å². The predicted octanol–water partition coefficient (Wildman–Crippen LogP) is 1.73. The summed E-state index contributed by atoms with van der Waals surface area (Å²) < 4.78 is 32.7. The van der Waals surface area contributed by atoms with E-state index < -0.39 is 10.0 Å². The maximum absolute atomic E-state index is 12.7. The normalized spacial score (nSPS) is 27.2. The molecule has 1 unspecified atom stereocenters. The first-order chi connectivity index (χ1) is 12.5. The van der Waals surface area contributed by atoms with Crippen molar-refractivity contribution in [3.8, 4) is 0 Å². The van der Waals surface area contributed by atoms with Gasteiger partial charge in [-0.25, -0.2) is 12.7 Å². The van der Waals surface area contributed by atoms with Gasteiger partial charge in [-0.05, 0) is 56.3 Å². The molecule has 26 heavy (non-hydrogen) atoms. The standard InChI is InChI=1S/C19H29N3O3S/c1-25-14-16-12-22(26(23,24)18-5-6-18)15-19(16)7-10-21(11-8-19)13-17-4-2-3-9-20-17/h2-4,9,16,18H,5-8,10-15H2,1H3. The topological polar surface area (TPSA) is 62.7 Å². The molecule has 0 bridgehead atoms. The average Bonchev–Trinajstić information content (AvgIpc) is 3.44. The number of hydrogen-bond acceptors (Lipinski definition) is 5. The zero-order valence-electron chi connectivity index (χ0n) is 15.5. The molecule has 1 atom stereocenters. The highest BCUT2D eigenvalue weighted by Crippen LogP contribution is 2.47. The van der Waals surface area contributed by atoms with Crippen molar-refractivity contribution in [2.24, 2.45) is 11.3 Å². The number of methoxy groups -OCH3 is 1. The van der Waals surface area contributed by atoms with E-state index in [4.69, 9.17) is 4.74 Å². The molecular formula is C19H29N3O3S. The monoisotopic (exact) mass is 379 g/mol. The fraction of sp³-hybridized carbons (Fsp3) is 0.737. The number of hydrogen-bond donors (Lipinski definition) is 0. The molecule has 1 spiro atoms. The van der Waals surface area contributed by atoms with Crippen LogP contribution in [-0.2, 0) is 21.3 Å². The van der Waals surface area contributed by atoms with Gasteiger partial charge in [0.05, 0.1) is 17.6 Å². The molecule has 6 nitrogen and oxygen atoms in total. The van der Waals surface area contributed by atoms with Crippen LogP contribution in [0.25, 0.3) is 0 Å². The minimum absolute atomic E-state index is 0.0680. The average molecular weight is 380 g/mol. The third-order valence-corrected chi connectivity index (χ3v) is 8.73. The first-order valence-corrected chi connectivity index (χ1v) is 11.1. The maximum atomic E-state index is 12.7. The Morgan fingerprint density at radius 3 is 2.65 bits per heavy atom. The van der Waals surface area contributed by atoms with E-state index >= 15 is 0 Å². The number of rotatable bonds is 6. The quantitative estimate of drug-likeness (QED) is 0.753. The summed E-state index contributed by atoms with van der Waals surface area (Å²) in [4.78, 5) is 6.87. The van der Waals surface area contributed by atoms with Crippen molar-refractivity contribution in [2.45, 2.75) is 37.5 Å². The predicted molar refractivity (Wildman–Crippen MR) is 100 cm³/mol. The van der Waals surface area contributed by atoms with Gasteiger partial charge in [0, 0.05) is 38.9 Å². The fourth-order valence-electron chi connectivity index (χ4n) is 4.63. The summed E-state index contributed by atoms with van der Waals surface area (Å²) in [6, 6.07) is 6.04. The zero-order valence-corrected chi connectivity index (χ0v) is 16.3. The van der Waals surface area contributed by atoms with Gasteiger partial charge in [-0.1, -0.05) is 6.07 Å². The Labute approximate surface area is 156 Å². The highest BCUT2D eigenvalue weighted by Gasteiger charge is 2.53. The molecule has 1 aliphatic carbocycles. The number of aromatic nitrogens is 1. The maximum Gasteiger partial charge on any atom is 0.217 e. The van der Waals surface area contributed by atoms with Crippen LogP contribution in [0.2, 0.25) is 0 Å². The fourth-order valence-corrected chi connectivity index (χ4v) is 6.61. The van der Waals surface area contributed by atoms with E-state index in [2.05, 4.69) is 16.0 Å². The van der Waals surface area contributed by atoms with Crippen molar-refractivity contribution in [3.05, 3.63) is 30.1 Å². The van der Waals surface area contributed by atoms with Crippen LogP contribution in [0.3, 0.4) is 0 Å². The SMILES string of the molecule is COCC1CN(S(=O)(=O)C2CC2)CC12CCN(Cc1ccccn1)CC2. The van der Waals surface area contributed by atoms with E-state index in [0.717, 1.165) is 51.0 Å². The minimum atomic E-state index is -3.10. The third-order valence-electron chi connectivity index (χ3n) is 6.42. The molecule has 2 saturated heterocycles. The lowest BCUT2D eigenvalue weighted by Crippen LogP contribution is -2.45. The van der Waals surface area contributed by atoms with Crippen molar-refractivity contribution < 1.29 is 13.2 Å². The largest absolute Gasteiger partial charge is 0.384 e. The Bertz CT molecular complexity index is 713. The Hall–Kier alpha value is -1.02. The van der Waals surface area contributed by atoms with Gasteiger partial charge in [0.15, 0.2) is 0 Å². The summed E-state index contributed by atoms with van der Waals surface area (Å²) in [7, 11) is -1.38. The molecule has 0 aromatic carbocycles. The van der Waals surface area contributed by atoms with Crippen LogP contribution >= 0.6 is 0 Å². The Morgan fingerprint density at radius 1 is 1.27 bits per heavy atom. The molecular weight excluding hydrogens is 350 g/mol. The summed E-state index contributed by atoms with van der Waals surface area (Å²) in [6.45, 7) is 4.82. The van der Waals surface area contributed by atoms with Crippen molar-refractivity contribution in [1.82, 2.24) is 14.2 Å². The highest BCUT2D eigenvalue weighted by molar-refractivity contribution is 7.90. The van der Waals surface area contributed by atoms with Crippen molar-refractivity contribution in [1.29, 1.82) is 0 Å². The number of sulfonamides is 1. The Kier molecular flexibility index (Phi) is 5.07. The van der Waals surface area contributed by atoms with Crippen LogP contribution in [0.1, 0.15) is 31.4 Å². The van der Waals surface area contributed by atoms with E-state index in [9.17, 15) is 8.42 Å². The lowest BCUT2D eigenvalue weighted by Gasteiger charge is -2.42. The summed E-state index contributed by atoms with van der Waals surface area (Å²) in [6.07, 6.45) is 5.57. The molecule has 7 heteroatoms. The highest BCUT2D eigenvalue weighted by atomic mass is 32.2. The van der Waals surface area contributed by atoms with Gasteiger partial charge in [-0.2, -0.15) is 0 Å². The minimum Gasteiger partial charge on any atom is -0.384 e. The van der Waals surface area contributed by atoms with Crippen molar-refractivity contribution in [3.63, 3.8) is 0 Å². The molecule has 1 aromatic rings. The summed E-state index contributed by atoms with van der Waals surface area (Å²) >= 11 is 0. The molecule has 2 aliphatic heterocycles. The second-order valence-corrected chi connectivity index (χ2v) is 10.4. The molecule has 3 fully saturated rings. The van der Waals surface area contributed by atoms with Crippen LogP contribution in [-0.4, -0.2) is 67.8 Å². The summed E-state index contributed by atoms with van der Waals surface area (Å²) in [5, 5.41) is -0.120. The van der Waals surface area contributed by atoms with E-state index in [0.29, 0.717) is 25.6 Å². The van der Waals surface area contributed by atoms with Gasteiger partial charge in [-0.15, -0.1) is 0 Å². The van der Waals surface area contributed by atoms with Crippen LogP contribution < -0.4 is 0 Å². The number of likely N-dealkylation sites (tertiary alicyclic amines) is 1. The molecule has 3 aliphatic rings. The molecule has 3 heterocycles. The van der Waals surface area contributed by atoms with E-state index in [1.165, 1.54) is 0 Å². The second-order valence-electron chi connectivity index (χ2n) is 8.15. The molecule has 1 aromatic heterocycles. The second kappa shape index (κ2) is 7.19. The van der Waals surface area contributed by atoms with Crippen LogP contribution in [0.4, 0.5) is 0 Å². The van der Waals surface area contributed by atoms with Crippen LogP contribution in [0.15, 0.2) is 24.4 Å². The number of ether oxygens (including phenoxy) is 1. The van der Waals surface area contributed by atoms with E-state index in [-0.39, 0.29) is 10.7 Å². The van der Waals surface area contributed by atoms with Gasteiger partial charge in [0.25, 0.3) is 0 Å².